The SMILES string of the molecule is CCN1Cc2c(C(=O)N3CCCC3)ncn2-c2ccccc2S1(=O)=O.O=C(O)C(F)(F)F. The maximum absolute atomic E-state index is 13.0. The number of rotatable bonds is 2. The van der Waals surface area contributed by atoms with Crippen molar-refractivity contribution in [2.45, 2.75) is 37.4 Å². The third-order valence-electron chi connectivity index (χ3n) is 5.13. The monoisotopic (exact) mass is 474 g/mol. The molecule has 0 atom stereocenters. The molecule has 1 fully saturated rings. The van der Waals surface area contributed by atoms with Crippen molar-refractivity contribution in [1.82, 2.24) is 18.8 Å². The minimum absolute atomic E-state index is 0.112. The standard InChI is InChI=1S/C17H20N4O3S.C2HF3O2/c1-2-20-11-14-16(17(22)19-9-5-6-10-19)18-12-21(14)13-7-3-4-8-15(13)25(20,23)24;3-2(4,5)1(6)7/h3-4,7-8,12H,2,5-6,9-11H2,1H3;(H,6,7). The molecule has 2 aliphatic rings. The summed E-state index contributed by atoms with van der Waals surface area (Å²) in [5.74, 6) is -2.87. The highest BCUT2D eigenvalue weighted by atomic mass is 32.2. The van der Waals surface area contributed by atoms with Gasteiger partial charge >= 0.3 is 12.1 Å². The van der Waals surface area contributed by atoms with Crippen LogP contribution in [0.25, 0.3) is 5.69 Å². The molecule has 0 spiro atoms. The Hall–Kier alpha value is -2.93. The molecule has 0 radical (unpaired) electrons. The zero-order chi connectivity index (χ0) is 23.7. The van der Waals surface area contributed by atoms with E-state index in [2.05, 4.69) is 4.98 Å². The van der Waals surface area contributed by atoms with Crippen LogP contribution in [0.4, 0.5) is 13.2 Å². The van der Waals surface area contributed by atoms with E-state index in [0.29, 0.717) is 23.6 Å². The number of para-hydroxylation sites is 1. The van der Waals surface area contributed by atoms with Gasteiger partial charge in [0.1, 0.15) is 11.2 Å². The normalized spacial score (nSPS) is 17.6. The molecular formula is C19H21F3N4O5S. The lowest BCUT2D eigenvalue weighted by molar-refractivity contribution is -0.192. The van der Waals surface area contributed by atoms with E-state index in [1.807, 2.05) is 0 Å². The molecule has 1 N–H and O–H groups in total. The van der Waals surface area contributed by atoms with Crippen molar-refractivity contribution in [2.24, 2.45) is 0 Å². The lowest BCUT2D eigenvalue weighted by Gasteiger charge is -2.19. The van der Waals surface area contributed by atoms with Crippen LogP contribution in [0, 0.1) is 0 Å². The summed E-state index contributed by atoms with van der Waals surface area (Å²) in [6.07, 6.45) is -1.52. The number of alkyl halides is 3. The molecule has 4 rings (SSSR count). The van der Waals surface area contributed by atoms with Crippen molar-refractivity contribution in [3.05, 3.63) is 42.0 Å². The summed E-state index contributed by atoms with van der Waals surface area (Å²) < 4.78 is 60.8. The van der Waals surface area contributed by atoms with Crippen molar-refractivity contribution in [3.8, 4) is 5.69 Å². The molecule has 2 aliphatic heterocycles. The Morgan fingerprint density at radius 2 is 1.75 bits per heavy atom. The molecule has 32 heavy (non-hydrogen) atoms. The number of amides is 1. The number of nitrogens with zero attached hydrogens (tertiary/aromatic N) is 4. The summed E-state index contributed by atoms with van der Waals surface area (Å²) >= 11 is 0. The van der Waals surface area contributed by atoms with Gasteiger partial charge in [0, 0.05) is 19.6 Å². The van der Waals surface area contributed by atoms with Crippen LogP contribution in [0.5, 0.6) is 0 Å². The van der Waals surface area contributed by atoms with Gasteiger partial charge in [0.15, 0.2) is 5.69 Å². The van der Waals surface area contributed by atoms with Crippen LogP contribution in [-0.4, -0.2) is 70.0 Å². The van der Waals surface area contributed by atoms with Crippen molar-refractivity contribution < 1.29 is 36.3 Å². The molecule has 1 aromatic heterocycles. The molecule has 9 nitrogen and oxygen atoms in total. The Balaban J connectivity index is 0.000000360. The molecule has 1 aromatic carbocycles. The summed E-state index contributed by atoms with van der Waals surface area (Å²) in [6, 6.07) is 6.86. The number of hydrogen-bond donors (Lipinski definition) is 1. The second-order valence-electron chi connectivity index (χ2n) is 7.11. The number of halogens is 3. The number of benzene rings is 1. The Kier molecular flexibility index (Phi) is 6.60. The highest BCUT2D eigenvalue weighted by Crippen LogP contribution is 2.31. The number of carbonyl (C=O) groups is 2. The number of sulfonamides is 1. The van der Waals surface area contributed by atoms with E-state index in [1.165, 1.54) is 4.31 Å². The Bertz CT molecular complexity index is 1120. The van der Waals surface area contributed by atoms with Gasteiger partial charge in [0.2, 0.25) is 10.0 Å². The number of carbonyl (C=O) groups excluding carboxylic acids is 1. The maximum Gasteiger partial charge on any atom is 0.490 e. The number of carboxylic acid groups (broad SMARTS) is 1. The highest BCUT2D eigenvalue weighted by Gasteiger charge is 2.38. The fourth-order valence-electron chi connectivity index (χ4n) is 3.53. The van der Waals surface area contributed by atoms with Gasteiger partial charge in [-0.2, -0.15) is 17.5 Å². The number of likely N-dealkylation sites (tertiary alicyclic amines) is 1. The van der Waals surface area contributed by atoms with Gasteiger partial charge in [-0.15, -0.1) is 0 Å². The van der Waals surface area contributed by atoms with Gasteiger partial charge in [-0.3, -0.25) is 9.36 Å². The molecule has 174 valence electrons. The summed E-state index contributed by atoms with van der Waals surface area (Å²) in [6.45, 7) is 3.74. The molecule has 3 heterocycles. The van der Waals surface area contributed by atoms with Gasteiger partial charge in [-0.1, -0.05) is 19.1 Å². The van der Waals surface area contributed by atoms with Crippen LogP contribution < -0.4 is 0 Å². The van der Waals surface area contributed by atoms with Gasteiger partial charge in [0.05, 0.1) is 17.9 Å². The van der Waals surface area contributed by atoms with Gasteiger partial charge in [-0.05, 0) is 25.0 Å². The maximum atomic E-state index is 13.0. The molecule has 0 saturated carbocycles. The van der Waals surface area contributed by atoms with Gasteiger partial charge in [0.25, 0.3) is 5.91 Å². The van der Waals surface area contributed by atoms with Crippen molar-refractivity contribution >= 4 is 21.9 Å². The van der Waals surface area contributed by atoms with Crippen LogP contribution in [0.1, 0.15) is 35.9 Å². The van der Waals surface area contributed by atoms with Gasteiger partial charge in [-0.25, -0.2) is 18.2 Å². The number of aromatic nitrogens is 2. The number of fused-ring (bicyclic) bond motifs is 3. The van der Waals surface area contributed by atoms with Crippen molar-refractivity contribution in [1.29, 1.82) is 0 Å². The molecule has 1 amide bonds. The average Bonchev–Trinajstić information content (AvgIpc) is 3.39. The van der Waals surface area contributed by atoms with E-state index in [-0.39, 0.29) is 17.3 Å². The molecule has 13 heteroatoms. The largest absolute Gasteiger partial charge is 0.490 e. The smallest absolute Gasteiger partial charge is 0.475 e. The Morgan fingerprint density at radius 3 is 2.31 bits per heavy atom. The van der Waals surface area contributed by atoms with E-state index in [1.54, 1.807) is 47.0 Å². The van der Waals surface area contributed by atoms with E-state index >= 15 is 0 Å². The number of aliphatic carboxylic acids is 1. The van der Waals surface area contributed by atoms with E-state index in [4.69, 9.17) is 9.90 Å². The van der Waals surface area contributed by atoms with E-state index in [9.17, 15) is 26.4 Å². The third-order valence-corrected chi connectivity index (χ3v) is 7.09. The lowest BCUT2D eigenvalue weighted by Crippen LogP contribution is -2.32. The fraction of sp³-hybridized carbons (Fsp3) is 0.421. The molecule has 0 bridgehead atoms. The molecule has 0 aliphatic carbocycles. The van der Waals surface area contributed by atoms with Gasteiger partial charge < -0.3 is 10.0 Å². The second kappa shape index (κ2) is 8.90. The topological polar surface area (TPSA) is 113 Å². The van der Waals surface area contributed by atoms with Crippen molar-refractivity contribution in [2.75, 3.05) is 19.6 Å². The van der Waals surface area contributed by atoms with Crippen LogP contribution in [-0.2, 0) is 21.4 Å². The average molecular weight is 474 g/mol. The first-order chi connectivity index (χ1) is 15.0. The first-order valence-corrected chi connectivity index (χ1v) is 11.2. The number of carboxylic acids is 1. The zero-order valence-corrected chi connectivity index (χ0v) is 17.9. The van der Waals surface area contributed by atoms with Crippen LogP contribution in [0.15, 0.2) is 35.5 Å². The molecule has 1 saturated heterocycles. The predicted octanol–water partition coefficient (Wildman–Crippen LogP) is 2.27. The summed E-state index contributed by atoms with van der Waals surface area (Å²) in [5.41, 5.74) is 1.53. The molecular weight excluding hydrogens is 453 g/mol. The Morgan fingerprint density at radius 1 is 1.16 bits per heavy atom. The first-order valence-electron chi connectivity index (χ1n) is 9.73. The minimum atomic E-state index is -5.08. The fourth-order valence-corrected chi connectivity index (χ4v) is 5.12. The quantitative estimate of drug-likeness (QED) is 0.715. The first kappa shape index (κ1) is 23.7. The predicted molar refractivity (Wildman–Crippen MR) is 106 cm³/mol. The van der Waals surface area contributed by atoms with Crippen LogP contribution in [0.3, 0.4) is 0 Å². The zero-order valence-electron chi connectivity index (χ0n) is 17.0. The van der Waals surface area contributed by atoms with Crippen LogP contribution >= 0.6 is 0 Å². The lowest BCUT2D eigenvalue weighted by atomic mass is 10.2. The minimum Gasteiger partial charge on any atom is -0.475 e. The van der Waals surface area contributed by atoms with Crippen molar-refractivity contribution in [3.63, 3.8) is 0 Å². The highest BCUT2D eigenvalue weighted by molar-refractivity contribution is 7.89. The van der Waals surface area contributed by atoms with Crippen LogP contribution in [0.2, 0.25) is 0 Å². The molecule has 0 unspecified atom stereocenters. The third kappa shape index (κ3) is 4.48. The summed E-state index contributed by atoms with van der Waals surface area (Å²) in [7, 11) is -3.61. The van der Waals surface area contributed by atoms with E-state index < -0.39 is 22.2 Å². The number of hydrogen-bond acceptors (Lipinski definition) is 5. The summed E-state index contributed by atoms with van der Waals surface area (Å²) in [5, 5.41) is 7.12. The Labute approximate surface area is 182 Å². The van der Waals surface area contributed by atoms with E-state index in [0.717, 1.165) is 25.9 Å². The second-order valence-corrected chi connectivity index (χ2v) is 9.02. The number of imidazole rings is 1. The molecule has 2 aromatic rings. The summed E-state index contributed by atoms with van der Waals surface area (Å²) in [4.78, 5) is 28.1.